The molecule has 1 saturated heterocycles. The van der Waals surface area contributed by atoms with Crippen molar-refractivity contribution in [3.8, 4) is 0 Å². The fraction of sp³-hybridized carbons (Fsp3) is 0.917. The molecule has 1 heterocycles. The van der Waals surface area contributed by atoms with Crippen LogP contribution in [0.15, 0.2) is 0 Å². The zero-order valence-corrected chi connectivity index (χ0v) is 11.3. The first-order chi connectivity index (χ1) is 7.31. The smallest absolute Gasteiger partial charge is 0.220 e. The zero-order chi connectivity index (χ0) is 12.2. The summed E-state index contributed by atoms with van der Waals surface area (Å²) in [5.41, 5.74) is -0.473. The van der Waals surface area contributed by atoms with E-state index >= 15 is 0 Å². The molecule has 3 nitrogen and oxygen atoms in total. The van der Waals surface area contributed by atoms with E-state index in [-0.39, 0.29) is 11.3 Å². The number of amides is 1. The molecule has 1 rings (SSSR count). The van der Waals surface area contributed by atoms with Crippen LogP contribution >= 0.6 is 11.8 Å². The van der Waals surface area contributed by atoms with Gasteiger partial charge in [-0.05, 0) is 24.0 Å². The molecule has 1 fully saturated rings. The van der Waals surface area contributed by atoms with E-state index in [0.717, 1.165) is 24.3 Å². The Morgan fingerprint density at radius 2 is 2.19 bits per heavy atom. The average molecular weight is 245 g/mol. The average Bonchev–Trinajstić information content (AvgIpc) is 2.59. The van der Waals surface area contributed by atoms with Crippen molar-refractivity contribution in [2.75, 3.05) is 18.1 Å². The molecule has 94 valence electrons. The molecule has 0 aromatic heterocycles. The number of rotatable bonds is 4. The highest BCUT2D eigenvalue weighted by Crippen LogP contribution is 2.27. The van der Waals surface area contributed by atoms with Crippen LogP contribution in [-0.4, -0.2) is 34.7 Å². The Hall–Kier alpha value is -0.220. The highest BCUT2D eigenvalue weighted by molar-refractivity contribution is 7.99. The SMILES string of the molecule is CC(C)(C)CCC(=O)NCC1(O)CCSC1. The quantitative estimate of drug-likeness (QED) is 0.794. The van der Waals surface area contributed by atoms with E-state index in [9.17, 15) is 9.90 Å². The normalized spacial score (nSPS) is 25.8. The zero-order valence-electron chi connectivity index (χ0n) is 10.5. The van der Waals surface area contributed by atoms with Crippen molar-refractivity contribution < 1.29 is 9.90 Å². The van der Waals surface area contributed by atoms with E-state index in [0.29, 0.717) is 13.0 Å². The summed E-state index contributed by atoms with van der Waals surface area (Å²) >= 11 is 1.75. The first kappa shape index (κ1) is 13.8. The first-order valence-corrected chi connectivity index (χ1v) is 7.03. The van der Waals surface area contributed by atoms with Crippen molar-refractivity contribution in [1.29, 1.82) is 0 Å². The monoisotopic (exact) mass is 245 g/mol. The molecule has 0 radical (unpaired) electrons. The summed E-state index contributed by atoms with van der Waals surface area (Å²) in [5, 5.41) is 12.9. The van der Waals surface area contributed by atoms with Gasteiger partial charge in [-0.15, -0.1) is 0 Å². The molecular weight excluding hydrogens is 222 g/mol. The van der Waals surface area contributed by atoms with E-state index in [2.05, 4.69) is 26.1 Å². The van der Waals surface area contributed by atoms with Crippen LogP contribution in [0.5, 0.6) is 0 Å². The van der Waals surface area contributed by atoms with Crippen LogP contribution in [0, 0.1) is 5.41 Å². The van der Waals surface area contributed by atoms with Crippen molar-refractivity contribution in [3.63, 3.8) is 0 Å². The summed E-state index contributed by atoms with van der Waals surface area (Å²) in [7, 11) is 0. The number of nitrogens with one attached hydrogen (secondary N) is 1. The first-order valence-electron chi connectivity index (χ1n) is 5.88. The Bertz CT molecular complexity index is 242. The summed E-state index contributed by atoms with van der Waals surface area (Å²) in [6, 6.07) is 0. The predicted molar refractivity (Wildman–Crippen MR) is 68.6 cm³/mol. The second kappa shape index (κ2) is 5.41. The van der Waals surface area contributed by atoms with Crippen LogP contribution in [0.4, 0.5) is 0 Å². The number of carbonyl (C=O) groups excluding carboxylic acids is 1. The topological polar surface area (TPSA) is 49.3 Å². The highest BCUT2D eigenvalue weighted by atomic mass is 32.2. The molecule has 1 atom stereocenters. The third kappa shape index (κ3) is 5.21. The third-order valence-corrected chi connectivity index (χ3v) is 4.03. The van der Waals surface area contributed by atoms with Gasteiger partial charge in [0.15, 0.2) is 0 Å². The Morgan fingerprint density at radius 3 is 2.69 bits per heavy atom. The lowest BCUT2D eigenvalue weighted by Crippen LogP contribution is -2.43. The predicted octanol–water partition coefficient (Wildman–Crippen LogP) is 1.80. The van der Waals surface area contributed by atoms with Crippen LogP contribution in [0.3, 0.4) is 0 Å². The van der Waals surface area contributed by atoms with Gasteiger partial charge in [-0.2, -0.15) is 11.8 Å². The molecule has 0 bridgehead atoms. The Balaban J connectivity index is 2.20. The summed E-state index contributed by atoms with van der Waals surface area (Å²) < 4.78 is 0. The van der Waals surface area contributed by atoms with Gasteiger partial charge < -0.3 is 10.4 Å². The number of hydrogen-bond donors (Lipinski definition) is 2. The van der Waals surface area contributed by atoms with Gasteiger partial charge in [-0.3, -0.25) is 4.79 Å². The Morgan fingerprint density at radius 1 is 1.50 bits per heavy atom. The van der Waals surface area contributed by atoms with Gasteiger partial charge in [0, 0.05) is 18.7 Å². The third-order valence-electron chi connectivity index (χ3n) is 2.80. The maximum Gasteiger partial charge on any atom is 0.220 e. The number of carbonyl (C=O) groups is 1. The molecular formula is C12H23NO2S. The fourth-order valence-corrected chi connectivity index (χ4v) is 2.87. The van der Waals surface area contributed by atoms with Gasteiger partial charge in [0.2, 0.25) is 5.91 Å². The minimum atomic E-state index is -0.665. The lowest BCUT2D eigenvalue weighted by molar-refractivity contribution is -0.122. The van der Waals surface area contributed by atoms with E-state index in [1.165, 1.54) is 0 Å². The van der Waals surface area contributed by atoms with Crippen molar-refractivity contribution in [3.05, 3.63) is 0 Å². The number of aliphatic hydroxyl groups is 1. The molecule has 1 amide bonds. The van der Waals surface area contributed by atoms with Gasteiger partial charge in [-0.25, -0.2) is 0 Å². The van der Waals surface area contributed by atoms with Crippen molar-refractivity contribution in [1.82, 2.24) is 5.32 Å². The van der Waals surface area contributed by atoms with Gasteiger partial charge in [0.05, 0.1) is 5.60 Å². The Kier molecular flexibility index (Phi) is 4.68. The lowest BCUT2D eigenvalue weighted by Gasteiger charge is -2.22. The fourth-order valence-electron chi connectivity index (χ4n) is 1.58. The summed E-state index contributed by atoms with van der Waals surface area (Å²) in [5.74, 6) is 1.79. The lowest BCUT2D eigenvalue weighted by atomic mass is 9.90. The molecule has 2 N–H and O–H groups in total. The number of thioether (sulfide) groups is 1. The van der Waals surface area contributed by atoms with Gasteiger partial charge in [0.25, 0.3) is 0 Å². The van der Waals surface area contributed by atoms with Crippen molar-refractivity contribution in [2.45, 2.75) is 45.6 Å². The van der Waals surface area contributed by atoms with Crippen LogP contribution in [0.1, 0.15) is 40.0 Å². The Labute approximate surface area is 102 Å². The van der Waals surface area contributed by atoms with Gasteiger partial charge in [-0.1, -0.05) is 20.8 Å². The molecule has 4 heteroatoms. The van der Waals surface area contributed by atoms with Crippen LogP contribution in [-0.2, 0) is 4.79 Å². The molecule has 16 heavy (non-hydrogen) atoms. The van der Waals surface area contributed by atoms with Crippen LogP contribution in [0.2, 0.25) is 0 Å². The minimum Gasteiger partial charge on any atom is -0.387 e. The number of hydrogen-bond acceptors (Lipinski definition) is 3. The highest BCUT2D eigenvalue weighted by Gasteiger charge is 2.31. The molecule has 0 spiro atoms. The molecule has 1 aliphatic rings. The maximum atomic E-state index is 11.6. The van der Waals surface area contributed by atoms with Gasteiger partial charge >= 0.3 is 0 Å². The molecule has 0 aliphatic carbocycles. The van der Waals surface area contributed by atoms with E-state index < -0.39 is 5.60 Å². The summed E-state index contributed by atoms with van der Waals surface area (Å²) in [6.45, 7) is 6.78. The van der Waals surface area contributed by atoms with Gasteiger partial charge in [0.1, 0.15) is 0 Å². The molecule has 1 unspecified atom stereocenters. The second-order valence-electron chi connectivity index (χ2n) is 5.86. The largest absolute Gasteiger partial charge is 0.387 e. The van der Waals surface area contributed by atoms with Crippen LogP contribution < -0.4 is 5.32 Å². The van der Waals surface area contributed by atoms with Crippen LogP contribution in [0.25, 0.3) is 0 Å². The molecule has 0 aromatic rings. The van der Waals surface area contributed by atoms with Crippen molar-refractivity contribution >= 4 is 17.7 Å². The van der Waals surface area contributed by atoms with E-state index in [1.807, 2.05) is 0 Å². The van der Waals surface area contributed by atoms with E-state index in [1.54, 1.807) is 11.8 Å². The maximum absolute atomic E-state index is 11.6. The van der Waals surface area contributed by atoms with E-state index in [4.69, 9.17) is 0 Å². The summed E-state index contributed by atoms with van der Waals surface area (Å²) in [6.07, 6.45) is 2.22. The van der Waals surface area contributed by atoms with Crippen molar-refractivity contribution in [2.24, 2.45) is 5.41 Å². The molecule has 1 aliphatic heterocycles. The molecule has 0 saturated carbocycles. The minimum absolute atomic E-state index is 0.0558. The standard InChI is InChI=1S/C12H23NO2S/c1-11(2,3)5-4-10(14)13-8-12(15)6-7-16-9-12/h15H,4-9H2,1-3H3,(H,13,14). The second-order valence-corrected chi connectivity index (χ2v) is 6.97. The molecule has 0 aromatic carbocycles. The summed E-state index contributed by atoms with van der Waals surface area (Å²) in [4.78, 5) is 11.6.